The van der Waals surface area contributed by atoms with E-state index in [2.05, 4.69) is 28.5 Å². The van der Waals surface area contributed by atoms with E-state index in [-0.39, 0.29) is 0 Å². The Hall–Kier alpha value is -1.78. The van der Waals surface area contributed by atoms with Gasteiger partial charge in [-0.3, -0.25) is 4.68 Å². The van der Waals surface area contributed by atoms with Crippen LogP contribution in [-0.4, -0.2) is 19.3 Å². The third-order valence-corrected chi connectivity index (χ3v) is 3.34. The lowest BCUT2D eigenvalue weighted by molar-refractivity contribution is 0.650. The van der Waals surface area contributed by atoms with Crippen LogP contribution in [0.3, 0.4) is 0 Å². The zero-order chi connectivity index (χ0) is 13.3. The van der Waals surface area contributed by atoms with Gasteiger partial charge in [-0.1, -0.05) is 13.8 Å². The van der Waals surface area contributed by atoms with Crippen LogP contribution in [0.1, 0.15) is 31.8 Å². The van der Waals surface area contributed by atoms with Crippen LogP contribution < -0.4 is 5.73 Å². The standard InChI is InChI=1S/C13H21N5/c1-5-7-18-11(6-2)16-12(13(18)14)10-8-15-17(4)9(10)3/h8H,5-7,14H2,1-4H3. The Kier molecular flexibility index (Phi) is 3.41. The molecule has 0 saturated heterocycles. The summed E-state index contributed by atoms with van der Waals surface area (Å²) in [6.45, 7) is 7.20. The molecule has 0 aliphatic heterocycles. The van der Waals surface area contributed by atoms with Crippen molar-refractivity contribution in [1.82, 2.24) is 19.3 Å². The summed E-state index contributed by atoms with van der Waals surface area (Å²) in [6, 6.07) is 0. The number of nitrogen functional groups attached to an aromatic ring is 1. The molecule has 2 rings (SSSR count). The maximum absolute atomic E-state index is 6.24. The molecule has 0 aromatic carbocycles. The van der Waals surface area contributed by atoms with Gasteiger partial charge in [-0.05, 0) is 13.3 Å². The minimum Gasteiger partial charge on any atom is -0.383 e. The Bertz CT molecular complexity index is 550. The lowest BCUT2D eigenvalue weighted by Crippen LogP contribution is -2.06. The first-order valence-corrected chi connectivity index (χ1v) is 6.43. The molecule has 2 heterocycles. The highest BCUT2D eigenvalue weighted by atomic mass is 15.3. The molecule has 0 unspecified atom stereocenters. The van der Waals surface area contributed by atoms with Gasteiger partial charge in [-0.2, -0.15) is 5.10 Å². The van der Waals surface area contributed by atoms with Gasteiger partial charge in [-0.25, -0.2) is 4.98 Å². The Morgan fingerprint density at radius 3 is 2.56 bits per heavy atom. The normalized spacial score (nSPS) is 11.1. The van der Waals surface area contributed by atoms with Crippen molar-refractivity contribution < 1.29 is 0 Å². The van der Waals surface area contributed by atoms with Gasteiger partial charge in [0.15, 0.2) is 0 Å². The minimum atomic E-state index is 0.754. The first-order valence-electron chi connectivity index (χ1n) is 6.43. The lowest BCUT2D eigenvalue weighted by Gasteiger charge is -2.06. The Morgan fingerprint density at radius 1 is 1.33 bits per heavy atom. The fourth-order valence-corrected chi connectivity index (χ4v) is 2.19. The second-order valence-corrected chi connectivity index (χ2v) is 4.53. The molecule has 0 aliphatic rings. The number of anilines is 1. The number of rotatable bonds is 4. The fraction of sp³-hybridized carbons (Fsp3) is 0.538. The van der Waals surface area contributed by atoms with E-state index in [1.165, 1.54) is 0 Å². The third-order valence-electron chi connectivity index (χ3n) is 3.34. The predicted octanol–water partition coefficient (Wildman–Crippen LogP) is 2.15. The van der Waals surface area contributed by atoms with E-state index >= 15 is 0 Å². The second kappa shape index (κ2) is 4.84. The zero-order valence-corrected chi connectivity index (χ0v) is 11.6. The molecular formula is C13H21N5. The van der Waals surface area contributed by atoms with Crippen molar-refractivity contribution >= 4 is 5.82 Å². The highest BCUT2D eigenvalue weighted by molar-refractivity contribution is 5.72. The van der Waals surface area contributed by atoms with Crippen molar-refractivity contribution in [2.75, 3.05) is 5.73 Å². The van der Waals surface area contributed by atoms with E-state index in [0.29, 0.717) is 0 Å². The molecular weight excluding hydrogens is 226 g/mol. The number of hydrogen-bond donors (Lipinski definition) is 1. The smallest absolute Gasteiger partial charge is 0.131 e. The molecule has 0 spiro atoms. The molecule has 2 aromatic rings. The predicted molar refractivity (Wildman–Crippen MR) is 73.2 cm³/mol. The van der Waals surface area contributed by atoms with Crippen LogP contribution in [0.25, 0.3) is 11.3 Å². The van der Waals surface area contributed by atoms with E-state index in [9.17, 15) is 0 Å². The van der Waals surface area contributed by atoms with E-state index < -0.39 is 0 Å². The summed E-state index contributed by atoms with van der Waals surface area (Å²) in [4.78, 5) is 4.68. The SMILES string of the molecule is CCCn1c(CC)nc(-c2cnn(C)c2C)c1N. The zero-order valence-electron chi connectivity index (χ0n) is 11.6. The van der Waals surface area contributed by atoms with Gasteiger partial charge >= 0.3 is 0 Å². The summed E-state index contributed by atoms with van der Waals surface area (Å²) in [5.74, 6) is 1.80. The quantitative estimate of drug-likeness (QED) is 0.900. The molecule has 0 aliphatic carbocycles. The van der Waals surface area contributed by atoms with Crippen LogP contribution in [0, 0.1) is 6.92 Å². The number of hydrogen-bond acceptors (Lipinski definition) is 3. The van der Waals surface area contributed by atoms with Gasteiger partial charge in [0.05, 0.1) is 6.20 Å². The maximum atomic E-state index is 6.24. The van der Waals surface area contributed by atoms with Crippen molar-refractivity contribution in [1.29, 1.82) is 0 Å². The van der Waals surface area contributed by atoms with Gasteiger partial charge in [0.25, 0.3) is 0 Å². The van der Waals surface area contributed by atoms with E-state index in [4.69, 9.17) is 5.73 Å². The largest absolute Gasteiger partial charge is 0.383 e. The third kappa shape index (κ3) is 1.89. The number of nitrogens with zero attached hydrogens (tertiary/aromatic N) is 4. The van der Waals surface area contributed by atoms with Gasteiger partial charge < -0.3 is 10.3 Å². The first-order chi connectivity index (χ1) is 8.60. The fourth-order valence-electron chi connectivity index (χ4n) is 2.19. The molecule has 0 radical (unpaired) electrons. The number of aryl methyl sites for hydroxylation is 2. The molecule has 2 N–H and O–H groups in total. The average Bonchev–Trinajstić information content (AvgIpc) is 2.84. The Morgan fingerprint density at radius 2 is 2.06 bits per heavy atom. The van der Waals surface area contributed by atoms with E-state index in [1.807, 2.05) is 24.9 Å². The summed E-state index contributed by atoms with van der Waals surface area (Å²) in [6.07, 6.45) is 3.78. The summed E-state index contributed by atoms with van der Waals surface area (Å²) in [5.41, 5.74) is 9.22. The second-order valence-electron chi connectivity index (χ2n) is 4.53. The summed E-state index contributed by atoms with van der Waals surface area (Å²) in [7, 11) is 1.93. The van der Waals surface area contributed by atoms with Crippen molar-refractivity contribution in [3.05, 3.63) is 17.7 Å². The average molecular weight is 247 g/mol. The molecule has 0 saturated carbocycles. The van der Waals surface area contributed by atoms with E-state index in [0.717, 1.165) is 48.0 Å². The molecule has 0 atom stereocenters. The molecule has 5 nitrogen and oxygen atoms in total. The summed E-state index contributed by atoms with van der Waals surface area (Å²) < 4.78 is 3.96. The van der Waals surface area contributed by atoms with Crippen LogP contribution in [0.4, 0.5) is 5.82 Å². The van der Waals surface area contributed by atoms with Crippen LogP contribution in [0.5, 0.6) is 0 Å². The van der Waals surface area contributed by atoms with Crippen molar-refractivity contribution in [2.45, 2.75) is 40.2 Å². The number of imidazole rings is 1. The Labute approximate surface area is 108 Å². The molecule has 2 aromatic heterocycles. The van der Waals surface area contributed by atoms with Crippen LogP contribution in [0.15, 0.2) is 6.20 Å². The summed E-state index contributed by atoms with van der Waals surface area (Å²) in [5, 5.41) is 4.26. The number of nitrogens with two attached hydrogens (primary N) is 1. The van der Waals surface area contributed by atoms with Gasteiger partial charge in [0.1, 0.15) is 17.3 Å². The molecule has 0 amide bonds. The van der Waals surface area contributed by atoms with Gasteiger partial charge in [0, 0.05) is 31.3 Å². The first kappa shape index (κ1) is 12.7. The van der Waals surface area contributed by atoms with Crippen LogP contribution >= 0.6 is 0 Å². The molecule has 5 heteroatoms. The summed E-state index contributed by atoms with van der Waals surface area (Å²) >= 11 is 0. The lowest BCUT2D eigenvalue weighted by atomic mass is 10.2. The number of aromatic nitrogens is 4. The van der Waals surface area contributed by atoms with Crippen molar-refractivity contribution in [3.8, 4) is 11.3 Å². The van der Waals surface area contributed by atoms with E-state index in [1.54, 1.807) is 0 Å². The molecule has 98 valence electrons. The van der Waals surface area contributed by atoms with Gasteiger partial charge in [-0.15, -0.1) is 0 Å². The van der Waals surface area contributed by atoms with Crippen molar-refractivity contribution in [2.24, 2.45) is 7.05 Å². The highest BCUT2D eigenvalue weighted by Crippen LogP contribution is 2.28. The maximum Gasteiger partial charge on any atom is 0.131 e. The molecule has 18 heavy (non-hydrogen) atoms. The topological polar surface area (TPSA) is 61.7 Å². The minimum absolute atomic E-state index is 0.754. The van der Waals surface area contributed by atoms with Crippen LogP contribution in [0.2, 0.25) is 0 Å². The molecule has 0 bridgehead atoms. The highest BCUT2D eigenvalue weighted by Gasteiger charge is 2.17. The van der Waals surface area contributed by atoms with Crippen molar-refractivity contribution in [3.63, 3.8) is 0 Å². The van der Waals surface area contributed by atoms with Crippen LogP contribution in [-0.2, 0) is 20.0 Å². The molecule has 0 fully saturated rings. The van der Waals surface area contributed by atoms with Gasteiger partial charge in [0.2, 0.25) is 0 Å². The monoisotopic (exact) mass is 247 g/mol. The Balaban J connectivity index is 2.55.